The highest BCUT2D eigenvalue weighted by molar-refractivity contribution is 8.00. The van der Waals surface area contributed by atoms with Gasteiger partial charge in [-0.1, -0.05) is 19.1 Å². The van der Waals surface area contributed by atoms with Crippen LogP contribution in [0.15, 0.2) is 18.2 Å². The molecule has 1 saturated heterocycles. The third-order valence-corrected chi connectivity index (χ3v) is 5.02. The number of anilines is 1. The van der Waals surface area contributed by atoms with Crippen molar-refractivity contribution in [2.75, 3.05) is 31.2 Å². The maximum atomic E-state index is 11.1. The second-order valence-electron chi connectivity index (χ2n) is 4.95. The summed E-state index contributed by atoms with van der Waals surface area (Å²) in [5.41, 5.74) is 1.80. The summed E-state index contributed by atoms with van der Waals surface area (Å²) in [7, 11) is 1.74. The number of rotatable bonds is 5. The molecule has 1 N–H and O–H groups in total. The first kappa shape index (κ1) is 15.1. The molecule has 0 bridgehead atoms. The first-order valence-electron chi connectivity index (χ1n) is 6.93. The Morgan fingerprint density at radius 2 is 2.35 bits per heavy atom. The number of hydrogen-bond donors (Lipinski definition) is 1. The van der Waals surface area contributed by atoms with Crippen LogP contribution in [-0.2, 0) is 6.54 Å². The van der Waals surface area contributed by atoms with E-state index in [0.29, 0.717) is 10.9 Å². The van der Waals surface area contributed by atoms with Crippen LogP contribution in [0.1, 0.15) is 18.9 Å². The van der Waals surface area contributed by atoms with Crippen molar-refractivity contribution in [2.24, 2.45) is 0 Å². The van der Waals surface area contributed by atoms with E-state index in [0.717, 1.165) is 31.0 Å². The minimum atomic E-state index is -0.323. The van der Waals surface area contributed by atoms with E-state index in [2.05, 4.69) is 17.1 Å². The molecule has 0 amide bonds. The molecule has 1 aromatic carbocycles. The van der Waals surface area contributed by atoms with Crippen molar-refractivity contribution >= 4 is 23.1 Å². The van der Waals surface area contributed by atoms with Gasteiger partial charge in [-0.2, -0.15) is 11.8 Å². The smallest absolute Gasteiger partial charge is 0.292 e. The van der Waals surface area contributed by atoms with Crippen LogP contribution in [0.5, 0.6) is 0 Å². The van der Waals surface area contributed by atoms with Gasteiger partial charge in [0, 0.05) is 43.8 Å². The summed E-state index contributed by atoms with van der Waals surface area (Å²) in [6.45, 7) is 5.10. The zero-order valence-corrected chi connectivity index (χ0v) is 12.8. The Balaban J connectivity index is 2.16. The molecule has 0 spiro atoms. The highest BCUT2D eigenvalue weighted by Crippen LogP contribution is 2.30. The molecule has 0 aliphatic carbocycles. The van der Waals surface area contributed by atoms with E-state index >= 15 is 0 Å². The third kappa shape index (κ3) is 3.43. The predicted molar refractivity (Wildman–Crippen MR) is 84.5 cm³/mol. The van der Waals surface area contributed by atoms with Crippen LogP contribution >= 0.6 is 11.8 Å². The van der Waals surface area contributed by atoms with Crippen LogP contribution < -0.4 is 5.32 Å². The Morgan fingerprint density at radius 3 is 3.00 bits per heavy atom. The maximum Gasteiger partial charge on any atom is 0.292 e. The fourth-order valence-electron chi connectivity index (χ4n) is 2.57. The summed E-state index contributed by atoms with van der Waals surface area (Å²) in [6, 6.07) is 5.29. The molecule has 1 heterocycles. The zero-order chi connectivity index (χ0) is 14.5. The number of benzene rings is 1. The first-order valence-corrected chi connectivity index (χ1v) is 7.98. The molecule has 20 heavy (non-hydrogen) atoms. The highest BCUT2D eigenvalue weighted by Gasteiger charge is 2.22. The van der Waals surface area contributed by atoms with E-state index in [1.54, 1.807) is 19.2 Å². The molecule has 1 unspecified atom stereocenters. The number of nitrogens with one attached hydrogen (secondary N) is 1. The number of nitro groups is 1. The molecule has 1 atom stereocenters. The van der Waals surface area contributed by atoms with Gasteiger partial charge in [0.15, 0.2) is 0 Å². The molecular weight excluding hydrogens is 274 g/mol. The third-order valence-electron chi connectivity index (χ3n) is 3.65. The van der Waals surface area contributed by atoms with E-state index in [9.17, 15) is 10.1 Å². The van der Waals surface area contributed by atoms with Crippen molar-refractivity contribution in [1.82, 2.24) is 4.90 Å². The average Bonchev–Trinajstić information content (AvgIpc) is 2.47. The normalized spacial score (nSPS) is 19.8. The second-order valence-corrected chi connectivity index (χ2v) is 6.36. The van der Waals surface area contributed by atoms with Gasteiger partial charge in [0.05, 0.1) is 4.92 Å². The van der Waals surface area contributed by atoms with E-state index in [1.165, 1.54) is 6.42 Å². The topological polar surface area (TPSA) is 58.4 Å². The molecule has 110 valence electrons. The molecule has 1 fully saturated rings. The summed E-state index contributed by atoms with van der Waals surface area (Å²) in [6.07, 6.45) is 1.18. The summed E-state index contributed by atoms with van der Waals surface area (Å²) >= 11 is 2.03. The Kier molecular flexibility index (Phi) is 5.25. The molecule has 0 aromatic heterocycles. The quantitative estimate of drug-likeness (QED) is 0.668. The fraction of sp³-hybridized carbons (Fsp3) is 0.571. The number of hydrogen-bond acceptors (Lipinski definition) is 5. The lowest BCUT2D eigenvalue weighted by Crippen LogP contribution is -2.37. The molecule has 5 nitrogen and oxygen atoms in total. The Labute approximate surface area is 123 Å². The molecule has 2 rings (SSSR count). The van der Waals surface area contributed by atoms with Crippen molar-refractivity contribution < 1.29 is 4.92 Å². The molecule has 0 radical (unpaired) electrons. The standard InChI is InChI=1S/C14H21N3O2S/c1-3-12-10-16(7-8-20-12)9-11-5-4-6-13(17(18)19)14(11)15-2/h4-6,12,15H,3,7-10H2,1-2H3. The van der Waals surface area contributed by atoms with Crippen molar-refractivity contribution in [3.63, 3.8) is 0 Å². The molecule has 1 aliphatic rings. The van der Waals surface area contributed by atoms with Gasteiger partial charge >= 0.3 is 0 Å². The minimum absolute atomic E-state index is 0.156. The van der Waals surface area contributed by atoms with Crippen LogP contribution in [0.4, 0.5) is 11.4 Å². The van der Waals surface area contributed by atoms with Crippen molar-refractivity contribution in [1.29, 1.82) is 0 Å². The van der Waals surface area contributed by atoms with Crippen LogP contribution in [-0.4, -0.2) is 41.0 Å². The predicted octanol–water partition coefficient (Wildman–Crippen LogP) is 2.96. The Bertz CT molecular complexity index is 481. The summed E-state index contributed by atoms with van der Waals surface area (Å²) in [4.78, 5) is 13.1. The van der Waals surface area contributed by atoms with E-state index in [4.69, 9.17) is 0 Å². The first-order chi connectivity index (χ1) is 9.65. The fourth-order valence-corrected chi connectivity index (χ4v) is 3.82. The van der Waals surface area contributed by atoms with Crippen molar-refractivity contribution in [3.05, 3.63) is 33.9 Å². The van der Waals surface area contributed by atoms with Gasteiger partial charge < -0.3 is 5.32 Å². The van der Waals surface area contributed by atoms with Gasteiger partial charge in [-0.15, -0.1) is 0 Å². The number of para-hydroxylation sites is 1. The van der Waals surface area contributed by atoms with Crippen LogP contribution in [0.2, 0.25) is 0 Å². The maximum absolute atomic E-state index is 11.1. The van der Waals surface area contributed by atoms with E-state index in [-0.39, 0.29) is 10.6 Å². The van der Waals surface area contributed by atoms with Gasteiger partial charge in [-0.25, -0.2) is 0 Å². The summed E-state index contributed by atoms with van der Waals surface area (Å²) in [5.74, 6) is 1.14. The van der Waals surface area contributed by atoms with Gasteiger partial charge in [0.2, 0.25) is 0 Å². The largest absolute Gasteiger partial charge is 0.382 e. The van der Waals surface area contributed by atoms with Crippen molar-refractivity contribution in [3.8, 4) is 0 Å². The number of nitro benzene ring substituents is 1. The van der Waals surface area contributed by atoms with E-state index in [1.807, 2.05) is 17.8 Å². The monoisotopic (exact) mass is 295 g/mol. The Morgan fingerprint density at radius 1 is 1.55 bits per heavy atom. The summed E-state index contributed by atoms with van der Waals surface area (Å²) in [5, 5.41) is 14.7. The van der Waals surface area contributed by atoms with Gasteiger partial charge in [0.1, 0.15) is 5.69 Å². The lowest BCUT2D eigenvalue weighted by molar-refractivity contribution is -0.384. The molecule has 1 aliphatic heterocycles. The minimum Gasteiger partial charge on any atom is -0.382 e. The zero-order valence-electron chi connectivity index (χ0n) is 12.0. The van der Waals surface area contributed by atoms with Gasteiger partial charge in [-0.05, 0) is 12.0 Å². The second kappa shape index (κ2) is 6.95. The van der Waals surface area contributed by atoms with Gasteiger partial charge in [-0.3, -0.25) is 15.0 Å². The SMILES string of the molecule is CCC1CN(Cc2cccc([N+](=O)[O-])c2NC)CCS1. The lowest BCUT2D eigenvalue weighted by Gasteiger charge is -2.32. The summed E-state index contributed by atoms with van der Waals surface area (Å²) < 4.78 is 0. The number of thioether (sulfide) groups is 1. The molecule has 6 heteroatoms. The average molecular weight is 295 g/mol. The molecule has 0 saturated carbocycles. The van der Waals surface area contributed by atoms with Crippen LogP contribution in [0.3, 0.4) is 0 Å². The molecule has 1 aromatic rings. The van der Waals surface area contributed by atoms with Crippen LogP contribution in [0.25, 0.3) is 0 Å². The molecular formula is C14H21N3O2S. The number of nitrogens with zero attached hydrogens (tertiary/aromatic N) is 2. The Hall–Kier alpha value is -1.27. The lowest BCUT2D eigenvalue weighted by atomic mass is 10.1. The van der Waals surface area contributed by atoms with Crippen molar-refractivity contribution in [2.45, 2.75) is 25.1 Å². The van der Waals surface area contributed by atoms with Gasteiger partial charge in [0.25, 0.3) is 5.69 Å². The van der Waals surface area contributed by atoms with Crippen LogP contribution in [0, 0.1) is 10.1 Å². The van der Waals surface area contributed by atoms with E-state index < -0.39 is 0 Å². The highest BCUT2D eigenvalue weighted by atomic mass is 32.2.